The molecule has 0 atom stereocenters. The van der Waals surface area contributed by atoms with Crippen LogP contribution in [0.2, 0.25) is 0 Å². The molecule has 1 saturated carbocycles. The molecule has 5 nitrogen and oxygen atoms in total. The van der Waals surface area contributed by atoms with Gasteiger partial charge in [-0.25, -0.2) is 4.68 Å². The topological polar surface area (TPSA) is 67.2 Å². The predicted octanol–water partition coefficient (Wildman–Crippen LogP) is 1.26. The Morgan fingerprint density at radius 2 is 2.12 bits per heavy atom. The third-order valence-corrected chi connectivity index (χ3v) is 3.90. The van der Waals surface area contributed by atoms with Crippen LogP contribution in [-0.4, -0.2) is 27.0 Å². The lowest BCUT2D eigenvalue weighted by atomic mass is 9.93. The highest BCUT2D eigenvalue weighted by atomic mass is 79.9. The molecule has 1 aliphatic rings. The van der Waals surface area contributed by atoms with Crippen molar-refractivity contribution in [3.63, 3.8) is 0 Å². The lowest BCUT2D eigenvalue weighted by Crippen LogP contribution is -2.30. The standard InChI is InChI=1S/C11H16BrN3O2/c1-15-11(17)10(12)9(6-13-15)14-7-2-4-8(16)5-3-7/h6-8,14,16H,2-5H2,1H3. The summed E-state index contributed by atoms with van der Waals surface area (Å²) >= 11 is 3.28. The molecule has 0 spiro atoms. The van der Waals surface area contributed by atoms with Gasteiger partial charge in [0.25, 0.3) is 5.56 Å². The minimum Gasteiger partial charge on any atom is -0.393 e. The fourth-order valence-corrected chi connectivity index (χ4v) is 2.52. The zero-order valence-electron chi connectivity index (χ0n) is 9.69. The molecule has 2 N–H and O–H groups in total. The Kier molecular flexibility index (Phi) is 3.83. The Bertz CT molecular complexity index is 453. The molecule has 1 fully saturated rings. The van der Waals surface area contributed by atoms with E-state index in [2.05, 4.69) is 26.3 Å². The first-order chi connectivity index (χ1) is 8.08. The van der Waals surface area contributed by atoms with Crippen molar-refractivity contribution in [2.45, 2.75) is 37.8 Å². The second-order valence-electron chi connectivity index (χ2n) is 4.45. The Morgan fingerprint density at radius 3 is 2.76 bits per heavy atom. The Hall–Kier alpha value is -0.880. The smallest absolute Gasteiger partial charge is 0.282 e. The molecule has 6 heteroatoms. The number of anilines is 1. The SMILES string of the molecule is Cn1ncc(NC2CCC(O)CC2)c(Br)c1=O. The van der Waals surface area contributed by atoms with E-state index in [0.29, 0.717) is 10.5 Å². The number of halogens is 1. The van der Waals surface area contributed by atoms with E-state index in [1.807, 2.05) is 0 Å². The van der Waals surface area contributed by atoms with Gasteiger partial charge in [-0.05, 0) is 41.6 Å². The predicted molar refractivity (Wildman–Crippen MR) is 69.1 cm³/mol. The van der Waals surface area contributed by atoms with Crippen molar-refractivity contribution in [1.82, 2.24) is 9.78 Å². The molecule has 0 radical (unpaired) electrons. The van der Waals surface area contributed by atoms with Gasteiger partial charge in [0.15, 0.2) is 0 Å². The van der Waals surface area contributed by atoms with E-state index in [1.165, 1.54) is 4.68 Å². The number of aromatic nitrogens is 2. The molecule has 1 heterocycles. The van der Waals surface area contributed by atoms with Crippen molar-refractivity contribution < 1.29 is 5.11 Å². The van der Waals surface area contributed by atoms with Gasteiger partial charge < -0.3 is 10.4 Å². The van der Waals surface area contributed by atoms with Crippen molar-refractivity contribution in [2.24, 2.45) is 7.05 Å². The summed E-state index contributed by atoms with van der Waals surface area (Å²) in [7, 11) is 1.62. The van der Waals surface area contributed by atoms with Gasteiger partial charge in [-0.2, -0.15) is 5.10 Å². The minimum atomic E-state index is -0.168. The zero-order chi connectivity index (χ0) is 12.4. The molecule has 17 heavy (non-hydrogen) atoms. The largest absolute Gasteiger partial charge is 0.393 e. The van der Waals surface area contributed by atoms with Crippen LogP contribution in [0.25, 0.3) is 0 Å². The van der Waals surface area contributed by atoms with E-state index >= 15 is 0 Å². The van der Waals surface area contributed by atoms with E-state index in [9.17, 15) is 9.90 Å². The average molecular weight is 302 g/mol. The summed E-state index contributed by atoms with van der Waals surface area (Å²) in [6.45, 7) is 0. The number of aliphatic hydroxyl groups is 1. The van der Waals surface area contributed by atoms with Crippen LogP contribution < -0.4 is 10.9 Å². The fraction of sp³-hybridized carbons (Fsp3) is 0.636. The third-order valence-electron chi connectivity index (χ3n) is 3.13. The normalized spacial score (nSPS) is 24.6. The zero-order valence-corrected chi connectivity index (χ0v) is 11.3. The summed E-state index contributed by atoms with van der Waals surface area (Å²) < 4.78 is 1.81. The van der Waals surface area contributed by atoms with Gasteiger partial charge in [0, 0.05) is 13.1 Å². The molecular weight excluding hydrogens is 286 g/mol. The van der Waals surface area contributed by atoms with Crippen molar-refractivity contribution in [3.05, 3.63) is 21.0 Å². The quantitative estimate of drug-likeness (QED) is 0.863. The van der Waals surface area contributed by atoms with Gasteiger partial charge in [0.05, 0.1) is 18.0 Å². The van der Waals surface area contributed by atoms with Crippen LogP contribution in [0.1, 0.15) is 25.7 Å². The number of aryl methyl sites for hydroxylation is 1. The van der Waals surface area contributed by atoms with E-state index < -0.39 is 0 Å². The maximum Gasteiger partial charge on any atom is 0.282 e. The molecular formula is C11H16BrN3O2. The van der Waals surface area contributed by atoms with Crippen LogP contribution in [0.15, 0.2) is 15.5 Å². The molecule has 0 bridgehead atoms. The number of hydrogen-bond acceptors (Lipinski definition) is 4. The Balaban J connectivity index is 2.09. The average Bonchev–Trinajstić information content (AvgIpc) is 2.33. The molecule has 94 valence electrons. The first-order valence-electron chi connectivity index (χ1n) is 5.74. The molecule has 0 saturated heterocycles. The van der Waals surface area contributed by atoms with Crippen LogP contribution in [0.3, 0.4) is 0 Å². The number of nitrogens with one attached hydrogen (secondary N) is 1. The second-order valence-corrected chi connectivity index (χ2v) is 5.24. The van der Waals surface area contributed by atoms with Gasteiger partial charge in [0.1, 0.15) is 4.47 Å². The van der Waals surface area contributed by atoms with Crippen LogP contribution in [0.4, 0.5) is 5.69 Å². The minimum absolute atomic E-state index is 0.147. The molecule has 1 aromatic rings. The first-order valence-corrected chi connectivity index (χ1v) is 6.53. The van der Waals surface area contributed by atoms with Crippen molar-refractivity contribution in [2.75, 3.05) is 5.32 Å². The van der Waals surface area contributed by atoms with Gasteiger partial charge >= 0.3 is 0 Å². The molecule has 2 rings (SSSR count). The fourth-order valence-electron chi connectivity index (χ4n) is 2.05. The number of rotatable bonds is 2. The van der Waals surface area contributed by atoms with Crippen LogP contribution in [-0.2, 0) is 7.05 Å². The molecule has 0 unspecified atom stereocenters. The molecule has 0 amide bonds. The maximum absolute atomic E-state index is 11.7. The van der Waals surface area contributed by atoms with Crippen LogP contribution >= 0.6 is 15.9 Å². The van der Waals surface area contributed by atoms with Gasteiger partial charge in [-0.1, -0.05) is 0 Å². The number of nitrogens with zero attached hydrogens (tertiary/aromatic N) is 2. The van der Waals surface area contributed by atoms with Gasteiger partial charge in [0.2, 0.25) is 0 Å². The van der Waals surface area contributed by atoms with Gasteiger partial charge in [-0.15, -0.1) is 0 Å². The summed E-state index contributed by atoms with van der Waals surface area (Å²) in [5.74, 6) is 0. The van der Waals surface area contributed by atoms with Crippen LogP contribution in [0.5, 0.6) is 0 Å². The summed E-state index contributed by atoms with van der Waals surface area (Å²) in [6.07, 6.45) is 4.95. The van der Waals surface area contributed by atoms with E-state index in [0.717, 1.165) is 31.4 Å². The molecule has 0 aliphatic heterocycles. The summed E-state index contributed by atoms with van der Waals surface area (Å²) in [5, 5.41) is 16.7. The monoisotopic (exact) mass is 301 g/mol. The molecule has 1 aromatic heterocycles. The van der Waals surface area contributed by atoms with Gasteiger partial charge in [-0.3, -0.25) is 4.79 Å². The second kappa shape index (κ2) is 5.18. The summed E-state index contributed by atoms with van der Waals surface area (Å²) in [4.78, 5) is 11.7. The Morgan fingerprint density at radius 1 is 1.47 bits per heavy atom. The molecule has 0 aromatic carbocycles. The van der Waals surface area contributed by atoms with Crippen molar-refractivity contribution in [1.29, 1.82) is 0 Å². The maximum atomic E-state index is 11.7. The van der Waals surface area contributed by atoms with Crippen molar-refractivity contribution >= 4 is 21.6 Å². The highest BCUT2D eigenvalue weighted by Crippen LogP contribution is 2.24. The third kappa shape index (κ3) is 2.87. The number of hydrogen-bond donors (Lipinski definition) is 2. The summed E-state index contributed by atoms with van der Waals surface area (Å²) in [6, 6.07) is 0.309. The number of aliphatic hydroxyl groups excluding tert-OH is 1. The highest BCUT2D eigenvalue weighted by molar-refractivity contribution is 9.10. The lowest BCUT2D eigenvalue weighted by Gasteiger charge is -2.27. The highest BCUT2D eigenvalue weighted by Gasteiger charge is 2.20. The first kappa shape index (κ1) is 12.6. The molecule has 1 aliphatic carbocycles. The lowest BCUT2D eigenvalue weighted by molar-refractivity contribution is 0.126. The summed E-state index contributed by atoms with van der Waals surface area (Å²) in [5.41, 5.74) is 0.584. The van der Waals surface area contributed by atoms with E-state index in [-0.39, 0.29) is 11.7 Å². The Labute approximate surface area is 108 Å². The van der Waals surface area contributed by atoms with Crippen molar-refractivity contribution in [3.8, 4) is 0 Å². The van der Waals surface area contributed by atoms with Crippen LogP contribution in [0, 0.1) is 0 Å². The van der Waals surface area contributed by atoms with E-state index in [4.69, 9.17) is 0 Å². The van der Waals surface area contributed by atoms with E-state index in [1.54, 1.807) is 13.2 Å².